The number of nitrogens with zero attached hydrogens (tertiary/aromatic N) is 1. The van der Waals surface area contributed by atoms with E-state index in [4.69, 9.17) is 5.73 Å². The Morgan fingerprint density at radius 2 is 2.06 bits per heavy atom. The minimum atomic E-state index is -0.306. The third kappa shape index (κ3) is 2.08. The molecule has 3 nitrogen and oxygen atoms in total. The van der Waals surface area contributed by atoms with Crippen molar-refractivity contribution in [2.24, 2.45) is 5.73 Å². The highest BCUT2D eigenvalue weighted by atomic mass is 16.3. The van der Waals surface area contributed by atoms with Gasteiger partial charge < -0.3 is 15.4 Å². The lowest BCUT2D eigenvalue weighted by atomic mass is 10.1. The zero-order valence-electron chi connectivity index (χ0n) is 10.6. The fraction of sp³-hybridized carbons (Fsp3) is 0.429. The molecule has 0 spiro atoms. The van der Waals surface area contributed by atoms with Crippen molar-refractivity contribution >= 4 is 10.9 Å². The van der Waals surface area contributed by atoms with E-state index in [1.807, 2.05) is 0 Å². The molecule has 0 aliphatic carbocycles. The van der Waals surface area contributed by atoms with Crippen molar-refractivity contribution in [1.82, 2.24) is 4.57 Å². The van der Waals surface area contributed by atoms with Gasteiger partial charge in [0, 0.05) is 23.1 Å². The second-order valence-electron chi connectivity index (χ2n) is 4.90. The number of aryl methyl sites for hydroxylation is 1. The molecule has 92 valence electrons. The predicted octanol–water partition coefficient (Wildman–Crippen LogP) is 2.52. The molecular weight excluding hydrogens is 212 g/mol. The Balaban J connectivity index is 2.71. The highest BCUT2D eigenvalue weighted by Gasteiger charge is 2.15. The molecule has 0 aliphatic rings. The lowest BCUT2D eigenvalue weighted by molar-refractivity contribution is 0.268. The summed E-state index contributed by atoms with van der Waals surface area (Å²) in [4.78, 5) is 0. The van der Waals surface area contributed by atoms with Gasteiger partial charge in [0.2, 0.25) is 0 Å². The van der Waals surface area contributed by atoms with Gasteiger partial charge in [0.25, 0.3) is 0 Å². The van der Waals surface area contributed by atoms with E-state index in [-0.39, 0.29) is 12.6 Å². The Labute approximate surface area is 102 Å². The number of aliphatic hydroxyl groups excluding tert-OH is 1. The van der Waals surface area contributed by atoms with Gasteiger partial charge >= 0.3 is 0 Å². The van der Waals surface area contributed by atoms with Crippen molar-refractivity contribution in [2.45, 2.75) is 32.9 Å². The Bertz CT molecular complexity index is 528. The van der Waals surface area contributed by atoms with Crippen molar-refractivity contribution < 1.29 is 5.11 Å². The molecule has 17 heavy (non-hydrogen) atoms. The predicted molar refractivity (Wildman–Crippen MR) is 71.1 cm³/mol. The molecule has 0 saturated heterocycles. The van der Waals surface area contributed by atoms with Gasteiger partial charge in [0.15, 0.2) is 0 Å². The Morgan fingerprint density at radius 1 is 1.35 bits per heavy atom. The number of hydrogen-bond acceptors (Lipinski definition) is 2. The van der Waals surface area contributed by atoms with Crippen molar-refractivity contribution in [1.29, 1.82) is 0 Å². The smallest absolute Gasteiger partial charge is 0.0625 e. The lowest BCUT2D eigenvalue weighted by Gasteiger charge is -2.09. The van der Waals surface area contributed by atoms with E-state index < -0.39 is 0 Å². The number of aliphatic hydroxyl groups is 1. The van der Waals surface area contributed by atoms with Crippen LogP contribution < -0.4 is 5.73 Å². The molecule has 0 aliphatic heterocycles. The van der Waals surface area contributed by atoms with Crippen LogP contribution in [0, 0.1) is 6.92 Å². The molecule has 0 amide bonds. The second kappa shape index (κ2) is 4.51. The minimum Gasteiger partial charge on any atom is -0.394 e. The molecule has 1 heterocycles. The molecule has 2 aromatic rings. The van der Waals surface area contributed by atoms with Crippen LogP contribution in [0.25, 0.3) is 10.9 Å². The van der Waals surface area contributed by atoms with Crippen LogP contribution in [0.3, 0.4) is 0 Å². The summed E-state index contributed by atoms with van der Waals surface area (Å²) in [6.45, 7) is 6.34. The first kappa shape index (κ1) is 12.1. The highest BCUT2D eigenvalue weighted by Crippen LogP contribution is 2.28. The van der Waals surface area contributed by atoms with Crippen LogP contribution in [0.4, 0.5) is 0 Å². The zero-order valence-corrected chi connectivity index (χ0v) is 10.6. The third-order valence-electron chi connectivity index (χ3n) is 3.17. The number of fused-ring (bicyclic) bond motifs is 1. The van der Waals surface area contributed by atoms with E-state index in [0.29, 0.717) is 6.04 Å². The van der Waals surface area contributed by atoms with E-state index >= 15 is 0 Å². The number of hydrogen-bond donors (Lipinski definition) is 2. The van der Waals surface area contributed by atoms with E-state index in [9.17, 15) is 5.11 Å². The summed E-state index contributed by atoms with van der Waals surface area (Å²) in [5, 5.41) is 10.4. The summed E-state index contributed by atoms with van der Waals surface area (Å²) in [5.41, 5.74) is 9.39. The number of aromatic nitrogens is 1. The molecule has 1 aromatic carbocycles. The fourth-order valence-corrected chi connectivity index (χ4v) is 2.22. The van der Waals surface area contributed by atoms with Gasteiger partial charge in [-0.3, -0.25) is 0 Å². The van der Waals surface area contributed by atoms with Crippen molar-refractivity contribution in [2.75, 3.05) is 6.61 Å². The third-order valence-corrected chi connectivity index (χ3v) is 3.17. The molecule has 2 rings (SSSR count). The monoisotopic (exact) mass is 232 g/mol. The van der Waals surface area contributed by atoms with Gasteiger partial charge in [-0.2, -0.15) is 0 Å². The summed E-state index contributed by atoms with van der Waals surface area (Å²) in [6.07, 6.45) is 2.07. The van der Waals surface area contributed by atoms with Gasteiger partial charge in [-0.25, -0.2) is 0 Å². The maximum absolute atomic E-state index is 9.23. The first-order chi connectivity index (χ1) is 8.04. The van der Waals surface area contributed by atoms with Crippen LogP contribution in [-0.2, 0) is 0 Å². The van der Waals surface area contributed by atoms with Crippen LogP contribution in [0.5, 0.6) is 0 Å². The van der Waals surface area contributed by atoms with Gasteiger partial charge in [0.1, 0.15) is 0 Å². The van der Waals surface area contributed by atoms with Crippen LogP contribution in [0.1, 0.15) is 37.1 Å². The summed E-state index contributed by atoms with van der Waals surface area (Å²) in [6, 6.07) is 6.45. The molecule has 0 fully saturated rings. The molecule has 3 N–H and O–H groups in total. The number of nitrogens with two attached hydrogens (primary N) is 1. The van der Waals surface area contributed by atoms with Crippen LogP contribution in [0.2, 0.25) is 0 Å². The van der Waals surface area contributed by atoms with Crippen molar-refractivity contribution in [3.63, 3.8) is 0 Å². The molecule has 0 radical (unpaired) electrons. The minimum absolute atomic E-state index is 0.0227. The Hall–Kier alpha value is -1.32. The average Bonchev–Trinajstić information content (AvgIpc) is 2.66. The van der Waals surface area contributed by atoms with Crippen molar-refractivity contribution in [3.05, 3.63) is 35.5 Å². The molecule has 0 saturated carbocycles. The maximum Gasteiger partial charge on any atom is 0.0625 e. The summed E-state index contributed by atoms with van der Waals surface area (Å²) in [7, 11) is 0. The molecular formula is C14H20N2O. The standard InChI is InChI=1S/C14H20N2O/c1-9(2)16-7-12(13(15)8-17)11-6-10(3)4-5-14(11)16/h4-7,9,13,17H,8,15H2,1-3H3. The average molecular weight is 232 g/mol. The maximum atomic E-state index is 9.23. The molecule has 1 aromatic heterocycles. The van der Waals surface area contributed by atoms with E-state index in [1.54, 1.807) is 0 Å². The van der Waals surface area contributed by atoms with E-state index in [2.05, 4.69) is 49.7 Å². The number of benzene rings is 1. The van der Waals surface area contributed by atoms with E-state index in [0.717, 1.165) is 10.9 Å². The summed E-state index contributed by atoms with van der Waals surface area (Å²) < 4.78 is 2.21. The first-order valence-electron chi connectivity index (χ1n) is 6.02. The quantitative estimate of drug-likeness (QED) is 0.854. The Morgan fingerprint density at radius 3 is 2.65 bits per heavy atom. The van der Waals surface area contributed by atoms with Crippen molar-refractivity contribution in [3.8, 4) is 0 Å². The zero-order chi connectivity index (χ0) is 12.6. The number of rotatable bonds is 3. The highest BCUT2D eigenvalue weighted by molar-refractivity contribution is 5.85. The second-order valence-corrected chi connectivity index (χ2v) is 4.90. The molecule has 1 unspecified atom stereocenters. The van der Waals surface area contributed by atoms with Crippen LogP contribution in [0.15, 0.2) is 24.4 Å². The SMILES string of the molecule is Cc1ccc2c(c1)c(C(N)CO)cn2C(C)C. The van der Waals surface area contributed by atoms with Gasteiger partial charge in [-0.1, -0.05) is 11.6 Å². The van der Waals surface area contributed by atoms with E-state index in [1.165, 1.54) is 11.1 Å². The lowest BCUT2D eigenvalue weighted by Crippen LogP contribution is -2.14. The summed E-state index contributed by atoms with van der Waals surface area (Å²) in [5.74, 6) is 0. The van der Waals surface area contributed by atoms with Gasteiger partial charge in [-0.05, 0) is 38.5 Å². The molecule has 1 atom stereocenters. The van der Waals surface area contributed by atoms with Gasteiger partial charge in [0.05, 0.1) is 12.6 Å². The largest absolute Gasteiger partial charge is 0.394 e. The Kier molecular flexibility index (Phi) is 3.22. The summed E-state index contributed by atoms with van der Waals surface area (Å²) >= 11 is 0. The molecule has 3 heteroatoms. The molecule has 0 bridgehead atoms. The first-order valence-corrected chi connectivity index (χ1v) is 6.02. The topological polar surface area (TPSA) is 51.2 Å². The van der Waals surface area contributed by atoms with Gasteiger partial charge in [-0.15, -0.1) is 0 Å². The van der Waals surface area contributed by atoms with Crippen LogP contribution in [-0.4, -0.2) is 16.3 Å². The van der Waals surface area contributed by atoms with Crippen LogP contribution >= 0.6 is 0 Å². The normalized spacial score (nSPS) is 13.5. The fourth-order valence-electron chi connectivity index (χ4n) is 2.22.